The van der Waals surface area contributed by atoms with Gasteiger partial charge in [-0.05, 0) is 48.4 Å². The summed E-state index contributed by atoms with van der Waals surface area (Å²) < 4.78 is 33.3. The van der Waals surface area contributed by atoms with Crippen LogP contribution in [0.3, 0.4) is 0 Å². The SMILES string of the molecule is CC(NS(=O)(=O)c1ccc(OCC(=O)NCc2ccccc2Cl)cc1)c1ccccc1. The van der Waals surface area contributed by atoms with Crippen LogP contribution in [0, 0.1) is 0 Å². The first kappa shape index (κ1) is 22.8. The lowest BCUT2D eigenvalue weighted by atomic mass is 10.1. The number of halogens is 1. The van der Waals surface area contributed by atoms with Crippen LogP contribution in [0.15, 0.2) is 83.8 Å². The van der Waals surface area contributed by atoms with Crippen molar-refractivity contribution in [1.29, 1.82) is 0 Å². The molecule has 1 amide bonds. The van der Waals surface area contributed by atoms with Crippen LogP contribution in [0.5, 0.6) is 5.75 Å². The second-order valence-corrected chi connectivity index (χ2v) is 9.00. The van der Waals surface area contributed by atoms with Crippen LogP contribution >= 0.6 is 11.6 Å². The Hall–Kier alpha value is -2.87. The normalized spacial score (nSPS) is 12.2. The van der Waals surface area contributed by atoms with Crippen molar-refractivity contribution < 1.29 is 17.9 Å². The maximum atomic E-state index is 12.6. The minimum absolute atomic E-state index is 0.116. The summed E-state index contributed by atoms with van der Waals surface area (Å²) in [6, 6.07) is 22.1. The standard InChI is InChI=1S/C23H23ClN2O4S/c1-17(18-7-3-2-4-8-18)26-31(28,29)21-13-11-20(12-14-21)30-16-23(27)25-15-19-9-5-6-10-22(19)24/h2-14,17,26H,15-16H2,1H3,(H,25,27). The summed E-state index contributed by atoms with van der Waals surface area (Å²) in [5, 5.41) is 3.31. The van der Waals surface area contributed by atoms with Crippen molar-refractivity contribution in [2.24, 2.45) is 0 Å². The first-order valence-corrected chi connectivity index (χ1v) is 11.5. The van der Waals surface area contributed by atoms with Gasteiger partial charge in [-0.15, -0.1) is 0 Å². The summed E-state index contributed by atoms with van der Waals surface area (Å²) in [6.45, 7) is 1.88. The van der Waals surface area contributed by atoms with Crippen LogP contribution in [0.25, 0.3) is 0 Å². The summed E-state index contributed by atoms with van der Waals surface area (Å²) in [5.74, 6) is 0.0814. The molecule has 0 aliphatic carbocycles. The van der Waals surface area contributed by atoms with Crippen molar-refractivity contribution in [3.63, 3.8) is 0 Å². The monoisotopic (exact) mass is 458 g/mol. The molecule has 3 rings (SSSR count). The number of carbonyl (C=O) groups is 1. The molecule has 1 atom stereocenters. The first-order chi connectivity index (χ1) is 14.8. The van der Waals surface area contributed by atoms with Gasteiger partial charge in [-0.2, -0.15) is 0 Å². The van der Waals surface area contributed by atoms with Gasteiger partial charge in [0.25, 0.3) is 5.91 Å². The van der Waals surface area contributed by atoms with Crippen LogP contribution in [0.4, 0.5) is 0 Å². The molecule has 3 aromatic rings. The lowest BCUT2D eigenvalue weighted by Gasteiger charge is -2.15. The van der Waals surface area contributed by atoms with E-state index in [4.69, 9.17) is 16.3 Å². The predicted octanol–water partition coefficient (Wildman–Crippen LogP) is 4.07. The predicted molar refractivity (Wildman–Crippen MR) is 120 cm³/mol. The van der Waals surface area contributed by atoms with Gasteiger partial charge in [-0.25, -0.2) is 13.1 Å². The number of hydrogen-bond donors (Lipinski definition) is 2. The highest BCUT2D eigenvalue weighted by molar-refractivity contribution is 7.89. The third-order valence-corrected chi connectivity index (χ3v) is 6.49. The molecule has 0 radical (unpaired) electrons. The zero-order chi connectivity index (χ0) is 22.3. The molecular weight excluding hydrogens is 436 g/mol. The molecular formula is C23H23ClN2O4S. The number of benzene rings is 3. The fraction of sp³-hybridized carbons (Fsp3) is 0.174. The molecule has 3 aromatic carbocycles. The molecule has 31 heavy (non-hydrogen) atoms. The Kier molecular flexibility index (Phi) is 7.68. The van der Waals surface area contributed by atoms with Gasteiger partial charge >= 0.3 is 0 Å². The second-order valence-electron chi connectivity index (χ2n) is 6.88. The molecule has 0 saturated carbocycles. The van der Waals surface area contributed by atoms with E-state index in [-0.39, 0.29) is 23.5 Å². The third kappa shape index (κ3) is 6.55. The van der Waals surface area contributed by atoms with Crippen molar-refractivity contribution in [3.05, 3.63) is 95.0 Å². The van der Waals surface area contributed by atoms with E-state index in [1.54, 1.807) is 13.0 Å². The van der Waals surface area contributed by atoms with Gasteiger partial charge in [0, 0.05) is 17.6 Å². The van der Waals surface area contributed by atoms with Gasteiger partial charge in [-0.1, -0.05) is 60.1 Å². The van der Waals surface area contributed by atoms with Gasteiger partial charge in [0.2, 0.25) is 10.0 Å². The molecule has 0 spiro atoms. The van der Waals surface area contributed by atoms with E-state index in [1.807, 2.05) is 48.5 Å². The van der Waals surface area contributed by atoms with Gasteiger partial charge in [0.15, 0.2) is 6.61 Å². The fourth-order valence-corrected chi connectivity index (χ4v) is 4.30. The average molecular weight is 459 g/mol. The smallest absolute Gasteiger partial charge is 0.258 e. The Morgan fingerprint density at radius 3 is 2.29 bits per heavy atom. The Bertz CT molecular complexity index is 1120. The number of ether oxygens (including phenoxy) is 1. The molecule has 1 unspecified atom stereocenters. The lowest BCUT2D eigenvalue weighted by molar-refractivity contribution is -0.123. The zero-order valence-corrected chi connectivity index (χ0v) is 18.5. The van der Waals surface area contributed by atoms with Crippen molar-refractivity contribution in [3.8, 4) is 5.75 Å². The quantitative estimate of drug-likeness (QED) is 0.506. The van der Waals surface area contributed by atoms with E-state index >= 15 is 0 Å². The van der Waals surface area contributed by atoms with Gasteiger partial charge < -0.3 is 10.1 Å². The Labute approximate surface area is 187 Å². The van der Waals surface area contributed by atoms with Crippen LogP contribution in [0.1, 0.15) is 24.1 Å². The highest BCUT2D eigenvalue weighted by Crippen LogP contribution is 2.19. The van der Waals surface area contributed by atoms with Crippen molar-refractivity contribution in [2.75, 3.05) is 6.61 Å². The Morgan fingerprint density at radius 1 is 0.968 bits per heavy atom. The molecule has 2 N–H and O–H groups in total. The van der Waals surface area contributed by atoms with Crippen LogP contribution < -0.4 is 14.8 Å². The number of carbonyl (C=O) groups excluding carboxylic acids is 1. The Balaban J connectivity index is 1.52. The number of rotatable bonds is 9. The largest absolute Gasteiger partial charge is 0.484 e. The minimum atomic E-state index is -3.70. The molecule has 0 aliphatic rings. The summed E-state index contributed by atoms with van der Waals surface area (Å²) in [6.07, 6.45) is 0. The number of sulfonamides is 1. The van der Waals surface area contributed by atoms with Gasteiger partial charge in [-0.3, -0.25) is 4.79 Å². The second kappa shape index (κ2) is 10.4. The first-order valence-electron chi connectivity index (χ1n) is 9.65. The van der Waals surface area contributed by atoms with E-state index in [9.17, 15) is 13.2 Å². The van der Waals surface area contributed by atoms with Crippen LogP contribution in [-0.4, -0.2) is 20.9 Å². The van der Waals surface area contributed by atoms with Crippen molar-refractivity contribution in [1.82, 2.24) is 10.0 Å². The van der Waals surface area contributed by atoms with Crippen LogP contribution in [-0.2, 0) is 21.4 Å². The number of hydrogen-bond acceptors (Lipinski definition) is 4. The lowest BCUT2D eigenvalue weighted by Crippen LogP contribution is -2.28. The van der Waals surface area contributed by atoms with Gasteiger partial charge in [0.05, 0.1) is 4.90 Å². The molecule has 0 fully saturated rings. The minimum Gasteiger partial charge on any atom is -0.484 e. The zero-order valence-electron chi connectivity index (χ0n) is 16.9. The summed E-state index contributed by atoms with van der Waals surface area (Å²) in [7, 11) is -3.70. The highest BCUT2D eigenvalue weighted by atomic mass is 35.5. The van der Waals surface area contributed by atoms with Crippen molar-refractivity contribution >= 4 is 27.5 Å². The average Bonchev–Trinajstić information content (AvgIpc) is 2.77. The molecule has 0 bridgehead atoms. The molecule has 0 aromatic heterocycles. The number of amides is 1. The summed E-state index contributed by atoms with van der Waals surface area (Å²) >= 11 is 6.06. The molecule has 0 heterocycles. The summed E-state index contributed by atoms with van der Waals surface area (Å²) in [5.41, 5.74) is 1.68. The highest BCUT2D eigenvalue weighted by Gasteiger charge is 2.18. The fourth-order valence-electron chi connectivity index (χ4n) is 2.86. The summed E-state index contributed by atoms with van der Waals surface area (Å²) in [4.78, 5) is 12.1. The van der Waals surface area contributed by atoms with E-state index < -0.39 is 10.0 Å². The van der Waals surface area contributed by atoms with E-state index in [0.29, 0.717) is 17.3 Å². The maximum Gasteiger partial charge on any atom is 0.258 e. The Morgan fingerprint density at radius 2 is 1.61 bits per heavy atom. The van der Waals surface area contributed by atoms with Crippen LogP contribution in [0.2, 0.25) is 5.02 Å². The topological polar surface area (TPSA) is 84.5 Å². The molecule has 0 aliphatic heterocycles. The molecule has 0 saturated heterocycles. The van der Waals surface area contributed by atoms with E-state index in [0.717, 1.165) is 11.1 Å². The molecule has 8 heteroatoms. The molecule has 6 nitrogen and oxygen atoms in total. The molecule has 162 valence electrons. The number of nitrogens with one attached hydrogen (secondary N) is 2. The van der Waals surface area contributed by atoms with Gasteiger partial charge in [0.1, 0.15) is 5.75 Å². The maximum absolute atomic E-state index is 12.6. The van der Waals surface area contributed by atoms with Crippen molar-refractivity contribution in [2.45, 2.75) is 24.4 Å². The third-order valence-electron chi connectivity index (χ3n) is 4.57. The van der Waals surface area contributed by atoms with E-state index in [2.05, 4.69) is 10.0 Å². The van der Waals surface area contributed by atoms with E-state index in [1.165, 1.54) is 24.3 Å².